The minimum atomic E-state index is 0.338. The lowest BCUT2D eigenvalue weighted by atomic mass is 10.1. The summed E-state index contributed by atoms with van der Waals surface area (Å²) < 4.78 is 0. The van der Waals surface area contributed by atoms with Crippen molar-refractivity contribution in [2.45, 2.75) is 37.8 Å². The summed E-state index contributed by atoms with van der Waals surface area (Å²) in [7, 11) is 0. The maximum atomic E-state index is 6.89. The van der Waals surface area contributed by atoms with E-state index in [0.29, 0.717) is 6.04 Å². The summed E-state index contributed by atoms with van der Waals surface area (Å²) in [5, 5.41) is 0. The number of rotatable bonds is 1. The standard InChI is InChI=1S/C9H14N2/c1-10-8-4-6-11(7-5-8)9-2-3-9/h8-9H,2-7H2. The van der Waals surface area contributed by atoms with Crippen LogP contribution in [0.1, 0.15) is 25.7 Å². The third-order valence-corrected chi connectivity index (χ3v) is 2.74. The van der Waals surface area contributed by atoms with E-state index in [4.69, 9.17) is 6.57 Å². The zero-order valence-corrected chi connectivity index (χ0v) is 6.79. The molecule has 2 nitrogen and oxygen atoms in total. The zero-order chi connectivity index (χ0) is 7.68. The highest BCUT2D eigenvalue weighted by molar-refractivity contribution is 4.91. The first-order valence-corrected chi connectivity index (χ1v) is 4.51. The lowest BCUT2D eigenvalue weighted by Gasteiger charge is -2.26. The van der Waals surface area contributed by atoms with Crippen LogP contribution < -0.4 is 0 Å². The first-order valence-electron chi connectivity index (χ1n) is 4.51. The average Bonchev–Trinajstić information content (AvgIpc) is 2.87. The summed E-state index contributed by atoms with van der Waals surface area (Å²) in [6.45, 7) is 9.25. The van der Waals surface area contributed by atoms with Crippen LogP contribution in [0.15, 0.2) is 0 Å². The molecule has 0 amide bonds. The van der Waals surface area contributed by atoms with Gasteiger partial charge in [0, 0.05) is 32.0 Å². The molecule has 1 heterocycles. The fourth-order valence-electron chi connectivity index (χ4n) is 1.82. The van der Waals surface area contributed by atoms with Crippen molar-refractivity contribution in [1.82, 2.24) is 4.90 Å². The summed E-state index contributed by atoms with van der Waals surface area (Å²) >= 11 is 0. The van der Waals surface area contributed by atoms with Crippen LogP contribution in [0.2, 0.25) is 0 Å². The van der Waals surface area contributed by atoms with Crippen LogP contribution in [0.5, 0.6) is 0 Å². The minimum Gasteiger partial charge on any atom is -0.314 e. The Morgan fingerprint density at radius 3 is 2.18 bits per heavy atom. The highest BCUT2D eigenvalue weighted by Gasteiger charge is 2.33. The van der Waals surface area contributed by atoms with E-state index in [1.807, 2.05) is 0 Å². The second kappa shape index (κ2) is 2.83. The van der Waals surface area contributed by atoms with Crippen LogP contribution in [0.3, 0.4) is 0 Å². The molecular formula is C9H14N2. The van der Waals surface area contributed by atoms with Gasteiger partial charge in [0.25, 0.3) is 0 Å². The van der Waals surface area contributed by atoms with Crippen LogP contribution in [0, 0.1) is 6.57 Å². The quantitative estimate of drug-likeness (QED) is 0.514. The predicted octanol–water partition coefficient (Wildman–Crippen LogP) is 1.53. The normalized spacial score (nSPS) is 28.3. The molecule has 0 unspecified atom stereocenters. The van der Waals surface area contributed by atoms with Gasteiger partial charge in [-0.25, -0.2) is 6.57 Å². The molecule has 11 heavy (non-hydrogen) atoms. The number of hydrogen-bond donors (Lipinski definition) is 0. The smallest absolute Gasteiger partial charge is 0.226 e. The summed E-state index contributed by atoms with van der Waals surface area (Å²) in [6.07, 6.45) is 5.03. The number of piperidine rings is 1. The Kier molecular flexibility index (Phi) is 1.83. The molecule has 2 rings (SSSR count). The molecule has 0 spiro atoms. The van der Waals surface area contributed by atoms with Crippen LogP contribution in [0.4, 0.5) is 0 Å². The first kappa shape index (κ1) is 7.12. The molecule has 1 aliphatic heterocycles. The second-order valence-electron chi connectivity index (χ2n) is 3.63. The van der Waals surface area contributed by atoms with Gasteiger partial charge in [0.1, 0.15) is 0 Å². The average molecular weight is 150 g/mol. The molecule has 0 aromatic carbocycles. The molecule has 0 atom stereocenters. The molecule has 2 heteroatoms. The van der Waals surface area contributed by atoms with Crippen molar-refractivity contribution in [1.29, 1.82) is 0 Å². The highest BCUT2D eigenvalue weighted by atomic mass is 15.2. The van der Waals surface area contributed by atoms with Gasteiger partial charge in [-0.2, -0.15) is 0 Å². The molecule has 0 bridgehead atoms. The van der Waals surface area contributed by atoms with E-state index in [1.54, 1.807) is 0 Å². The van der Waals surface area contributed by atoms with Gasteiger partial charge in [-0.3, -0.25) is 4.90 Å². The molecule has 1 saturated carbocycles. The number of likely N-dealkylation sites (tertiary alicyclic amines) is 1. The predicted molar refractivity (Wildman–Crippen MR) is 44.2 cm³/mol. The van der Waals surface area contributed by atoms with Crippen LogP contribution >= 0.6 is 0 Å². The maximum absolute atomic E-state index is 6.89. The Bertz CT molecular complexity index is 170. The number of hydrogen-bond acceptors (Lipinski definition) is 1. The third kappa shape index (κ3) is 1.54. The lowest BCUT2D eigenvalue weighted by molar-refractivity contribution is 0.214. The summed E-state index contributed by atoms with van der Waals surface area (Å²) in [6, 6.07) is 1.24. The minimum absolute atomic E-state index is 0.338. The number of nitrogens with zero attached hydrogens (tertiary/aromatic N) is 2. The van der Waals surface area contributed by atoms with Gasteiger partial charge in [0.05, 0.1) is 0 Å². The fraction of sp³-hybridized carbons (Fsp3) is 0.889. The summed E-state index contributed by atoms with van der Waals surface area (Å²) in [4.78, 5) is 6.14. The molecule has 60 valence electrons. The summed E-state index contributed by atoms with van der Waals surface area (Å²) in [5.74, 6) is 0. The van der Waals surface area contributed by atoms with Crippen molar-refractivity contribution >= 4 is 0 Å². The van der Waals surface area contributed by atoms with E-state index in [-0.39, 0.29) is 0 Å². The Labute approximate surface area is 68.0 Å². The molecular weight excluding hydrogens is 136 g/mol. The first-order chi connectivity index (χ1) is 5.40. The van der Waals surface area contributed by atoms with E-state index in [1.165, 1.54) is 25.9 Å². The van der Waals surface area contributed by atoms with E-state index >= 15 is 0 Å². The van der Waals surface area contributed by atoms with Gasteiger partial charge >= 0.3 is 0 Å². The van der Waals surface area contributed by atoms with Crippen molar-refractivity contribution in [3.63, 3.8) is 0 Å². The second-order valence-corrected chi connectivity index (χ2v) is 3.63. The Balaban J connectivity index is 1.80. The topological polar surface area (TPSA) is 7.60 Å². The van der Waals surface area contributed by atoms with Gasteiger partial charge in [-0.05, 0) is 12.8 Å². The molecule has 0 aromatic rings. The Morgan fingerprint density at radius 1 is 1.09 bits per heavy atom. The van der Waals surface area contributed by atoms with Crippen LogP contribution in [0.25, 0.3) is 4.85 Å². The Hall–Kier alpha value is -0.550. The SMILES string of the molecule is [C-]#[N+]C1CCN(C2CC2)CC1. The highest BCUT2D eigenvalue weighted by Crippen LogP contribution is 2.29. The zero-order valence-electron chi connectivity index (χ0n) is 6.79. The van der Waals surface area contributed by atoms with Crippen LogP contribution in [-0.4, -0.2) is 30.1 Å². The van der Waals surface area contributed by atoms with Crippen molar-refractivity contribution < 1.29 is 0 Å². The van der Waals surface area contributed by atoms with Crippen molar-refractivity contribution in [2.24, 2.45) is 0 Å². The van der Waals surface area contributed by atoms with E-state index in [2.05, 4.69) is 9.74 Å². The van der Waals surface area contributed by atoms with Gasteiger partial charge < -0.3 is 4.85 Å². The monoisotopic (exact) mass is 150 g/mol. The summed E-state index contributed by atoms with van der Waals surface area (Å²) in [5.41, 5.74) is 0. The molecule has 1 saturated heterocycles. The van der Waals surface area contributed by atoms with Crippen molar-refractivity contribution in [3.8, 4) is 0 Å². The molecule has 0 aromatic heterocycles. The molecule has 0 radical (unpaired) electrons. The van der Waals surface area contributed by atoms with Crippen LogP contribution in [-0.2, 0) is 0 Å². The van der Waals surface area contributed by atoms with Gasteiger partial charge in [0.15, 0.2) is 0 Å². The molecule has 2 fully saturated rings. The van der Waals surface area contributed by atoms with Crippen molar-refractivity contribution in [2.75, 3.05) is 13.1 Å². The van der Waals surface area contributed by atoms with Gasteiger partial charge in [-0.1, -0.05) is 0 Å². The third-order valence-electron chi connectivity index (χ3n) is 2.74. The molecule has 2 aliphatic rings. The van der Waals surface area contributed by atoms with E-state index < -0.39 is 0 Å². The maximum Gasteiger partial charge on any atom is 0.226 e. The molecule has 0 N–H and O–H groups in total. The van der Waals surface area contributed by atoms with E-state index in [0.717, 1.165) is 18.9 Å². The largest absolute Gasteiger partial charge is 0.314 e. The van der Waals surface area contributed by atoms with Gasteiger partial charge in [-0.15, -0.1) is 0 Å². The Morgan fingerprint density at radius 2 is 1.73 bits per heavy atom. The van der Waals surface area contributed by atoms with E-state index in [9.17, 15) is 0 Å². The van der Waals surface area contributed by atoms with Crippen molar-refractivity contribution in [3.05, 3.63) is 11.4 Å². The molecule has 1 aliphatic carbocycles. The fourth-order valence-corrected chi connectivity index (χ4v) is 1.82. The van der Waals surface area contributed by atoms with Gasteiger partial charge in [0.2, 0.25) is 6.04 Å². The lowest BCUT2D eigenvalue weighted by Crippen LogP contribution is -2.36.